The first-order valence-electron chi connectivity index (χ1n) is 7.09. The lowest BCUT2D eigenvalue weighted by molar-refractivity contribution is -0.142. The molecule has 1 heterocycles. The predicted octanol–water partition coefficient (Wildman–Crippen LogP) is 1.44. The lowest BCUT2D eigenvalue weighted by atomic mass is 10.0. The number of nitrogens with one attached hydrogen (secondary N) is 1. The van der Waals surface area contributed by atoms with Gasteiger partial charge in [0.2, 0.25) is 0 Å². The van der Waals surface area contributed by atoms with Crippen molar-refractivity contribution in [2.75, 3.05) is 13.2 Å². The number of para-hydroxylation sites is 1. The summed E-state index contributed by atoms with van der Waals surface area (Å²) in [4.78, 5) is 23.6. The Labute approximate surface area is 122 Å². The van der Waals surface area contributed by atoms with Crippen LogP contribution in [0.3, 0.4) is 0 Å². The molecule has 1 amide bonds. The Morgan fingerprint density at radius 3 is 2.81 bits per heavy atom. The van der Waals surface area contributed by atoms with Crippen molar-refractivity contribution in [1.82, 2.24) is 5.32 Å². The Balaban J connectivity index is 1.78. The summed E-state index contributed by atoms with van der Waals surface area (Å²) >= 11 is 0. The standard InChI is InChI=1S/C15H17NO5/c17-14(16-11-5-1-3-9(11)15(18)19)10-4-2-6-12-13(10)21-8-7-20-12/h2,4,6,9,11H,1,3,5,7-8H2,(H,16,17)(H,18,19)/t9-,11+/m1/s1. The molecule has 1 aromatic rings. The maximum absolute atomic E-state index is 12.4. The Morgan fingerprint density at radius 2 is 2.00 bits per heavy atom. The van der Waals surface area contributed by atoms with Crippen LogP contribution >= 0.6 is 0 Å². The maximum Gasteiger partial charge on any atom is 0.308 e. The first-order chi connectivity index (χ1) is 10.2. The van der Waals surface area contributed by atoms with Crippen molar-refractivity contribution in [3.63, 3.8) is 0 Å². The van der Waals surface area contributed by atoms with E-state index in [-0.39, 0.29) is 11.9 Å². The highest BCUT2D eigenvalue weighted by Crippen LogP contribution is 2.34. The minimum Gasteiger partial charge on any atom is -0.486 e. The first-order valence-corrected chi connectivity index (χ1v) is 7.09. The average Bonchev–Trinajstić information content (AvgIpc) is 2.95. The van der Waals surface area contributed by atoms with Crippen LogP contribution in [-0.4, -0.2) is 36.2 Å². The molecule has 0 bridgehead atoms. The highest BCUT2D eigenvalue weighted by molar-refractivity contribution is 5.98. The second-order valence-corrected chi connectivity index (χ2v) is 5.29. The summed E-state index contributed by atoms with van der Waals surface area (Å²) in [5.74, 6) is -0.685. The van der Waals surface area contributed by atoms with E-state index in [1.807, 2.05) is 0 Å². The Hall–Kier alpha value is -2.24. The van der Waals surface area contributed by atoms with Gasteiger partial charge in [0.15, 0.2) is 11.5 Å². The molecule has 3 rings (SSSR count). The first kappa shape index (κ1) is 13.7. The van der Waals surface area contributed by atoms with Crippen molar-refractivity contribution in [3.05, 3.63) is 23.8 Å². The van der Waals surface area contributed by atoms with Gasteiger partial charge in [0.05, 0.1) is 11.5 Å². The summed E-state index contributed by atoms with van der Waals surface area (Å²) in [6, 6.07) is 4.82. The molecule has 0 saturated heterocycles. The molecule has 1 aliphatic heterocycles. The van der Waals surface area contributed by atoms with Crippen LogP contribution in [0.4, 0.5) is 0 Å². The normalized spacial score (nSPS) is 23.6. The third-order valence-electron chi connectivity index (χ3n) is 3.96. The second kappa shape index (κ2) is 5.63. The lowest BCUT2D eigenvalue weighted by Gasteiger charge is -2.22. The number of carboxylic acids is 1. The van der Waals surface area contributed by atoms with Crippen LogP contribution in [0, 0.1) is 5.92 Å². The monoisotopic (exact) mass is 291 g/mol. The molecule has 1 fully saturated rings. The average molecular weight is 291 g/mol. The van der Waals surface area contributed by atoms with E-state index in [2.05, 4.69) is 5.32 Å². The number of aliphatic carboxylic acids is 1. The van der Waals surface area contributed by atoms with E-state index < -0.39 is 11.9 Å². The van der Waals surface area contributed by atoms with Crippen LogP contribution in [0.5, 0.6) is 11.5 Å². The van der Waals surface area contributed by atoms with E-state index in [9.17, 15) is 9.59 Å². The van der Waals surface area contributed by atoms with Crippen molar-refractivity contribution in [3.8, 4) is 11.5 Å². The fourth-order valence-electron chi connectivity index (χ4n) is 2.93. The molecule has 0 aromatic heterocycles. The highest BCUT2D eigenvalue weighted by atomic mass is 16.6. The number of rotatable bonds is 3. The Bertz CT molecular complexity index is 571. The van der Waals surface area contributed by atoms with Gasteiger partial charge in [0.25, 0.3) is 5.91 Å². The fraction of sp³-hybridized carbons (Fsp3) is 0.467. The van der Waals surface area contributed by atoms with Crippen molar-refractivity contribution < 1.29 is 24.2 Å². The van der Waals surface area contributed by atoms with Crippen LogP contribution < -0.4 is 14.8 Å². The van der Waals surface area contributed by atoms with Gasteiger partial charge >= 0.3 is 5.97 Å². The van der Waals surface area contributed by atoms with Crippen molar-refractivity contribution in [2.45, 2.75) is 25.3 Å². The topological polar surface area (TPSA) is 84.9 Å². The van der Waals surface area contributed by atoms with Gasteiger partial charge in [0.1, 0.15) is 13.2 Å². The van der Waals surface area contributed by atoms with Gasteiger partial charge in [-0.05, 0) is 25.0 Å². The van der Waals surface area contributed by atoms with Crippen LogP contribution in [0.15, 0.2) is 18.2 Å². The summed E-state index contributed by atoms with van der Waals surface area (Å²) in [6.45, 7) is 0.861. The fourth-order valence-corrected chi connectivity index (χ4v) is 2.93. The summed E-state index contributed by atoms with van der Waals surface area (Å²) < 4.78 is 11.0. The summed E-state index contributed by atoms with van der Waals surface area (Å²) in [5, 5.41) is 12.0. The number of carboxylic acid groups (broad SMARTS) is 1. The molecule has 1 aromatic carbocycles. The molecule has 0 spiro atoms. The van der Waals surface area contributed by atoms with Gasteiger partial charge in [-0.25, -0.2) is 0 Å². The van der Waals surface area contributed by atoms with Gasteiger partial charge < -0.3 is 19.9 Å². The van der Waals surface area contributed by atoms with Gasteiger partial charge in [-0.3, -0.25) is 9.59 Å². The quantitative estimate of drug-likeness (QED) is 0.880. The number of carbonyl (C=O) groups excluding carboxylic acids is 1. The molecule has 0 radical (unpaired) electrons. The zero-order valence-corrected chi connectivity index (χ0v) is 11.5. The van der Waals surface area contributed by atoms with Crippen LogP contribution in [-0.2, 0) is 4.79 Å². The van der Waals surface area contributed by atoms with E-state index in [0.717, 1.165) is 6.42 Å². The third-order valence-corrected chi connectivity index (χ3v) is 3.96. The molecule has 0 unspecified atom stereocenters. The third kappa shape index (κ3) is 2.66. The molecule has 1 aliphatic carbocycles. The van der Waals surface area contributed by atoms with Crippen LogP contribution in [0.25, 0.3) is 0 Å². The molecular formula is C15H17NO5. The molecule has 21 heavy (non-hydrogen) atoms. The van der Waals surface area contributed by atoms with Crippen LogP contribution in [0.1, 0.15) is 29.6 Å². The minimum absolute atomic E-state index is 0.310. The summed E-state index contributed by atoms with van der Waals surface area (Å²) in [5.41, 5.74) is 0.392. The molecule has 6 nitrogen and oxygen atoms in total. The molecule has 2 aliphatic rings. The lowest BCUT2D eigenvalue weighted by Crippen LogP contribution is -2.40. The number of carbonyl (C=O) groups is 2. The number of ether oxygens (including phenoxy) is 2. The van der Waals surface area contributed by atoms with Gasteiger partial charge in [-0.2, -0.15) is 0 Å². The Morgan fingerprint density at radius 1 is 1.19 bits per heavy atom. The van der Waals surface area contributed by atoms with Crippen molar-refractivity contribution in [2.24, 2.45) is 5.92 Å². The van der Waals surface area contributed by atoms with E-state index in [4.69, 9.17) is 14.6 Å². The molecule has 2 atom stereocenters. The minimum atomic E-state index is -0.854. The zero-order valence-electron chi connectivity index (χ0n) is 11.5. The van der Waals surface area contributed by atoms with E-state index in [0.29, 0.717) is 43.1 Å². The summed E-state index contributed by atoms with van der Waals surface area (Å²) in [6.07, 6.45) is 2.11. The molecule has 1 saturated carbocycles. The maximum atomic E-state index is 12.4. The van der Waals surface area contributed by atoms with E-state index in [1.165, 1.54) is 0 Å². The Kier molecular flexibility index (Phi) is 3.68. The van der Waals surface area contributed by atoms with Gasteiger partial charge in [-0.15, -0.1) is 0 Å². The number of benzene rings is 1. The van der Waals surface area contributed by atoms with Crippen molar-refractivity contribution in [1.29, 1.82) is 0 Å². The number of fused-ring (bicyclic) bond motifs is 1. The number of hydrogen-bond acceptors (Lipinski definition) is 4. The largest absolute Gasteiger partial charge is 0.486 e. The smallest absolute Gasteiger partial charge is 0.308 e. The molecular weight excluding hydrogens is 274 g/mol. The van der Waals surface area contributed by atoms with E-state index >= 15 is 0 Å². The summed E-state index contributed by atoms with van der Waals surface area (Å²) in [7, 11) is 0. The highest BCUT2D eigenvalue weighted by Gasteiger charge is 2.34. The number of amides is 1. The predicted molar refractivity (Wildman–Crippen MR) is 73.7 cm³/mol. The second-order valence-electron chi connectivity index (χ2n) is 5.29. The van der Waals surface area contributed by atoms with E-state index in [1.54, 1.807) is 18.2 Å². The van der Waals surface area contributed by atoms with Gasteiger partial charge in [-0.1, -0.05) is 12.5 Å². The van der Waals surface area contributed by atoms with Gasteiger partial charge in [0, 0.05) is 6.04 Å². The van der Waals surface area contributed by atoms with Crippen LogP contribution in [0.2, 0.25) is 0 Å². The molecule has 112 valence electrons. The zero-order chi connectivity index (χ0) is 14.8. The SMILES string of the molecule is O=C(N[C@H]1CCC[C@H]1C(=O)O)c1cccc2c1OCCO2. The molecule has 6 heteroatoms. The number of hydrogen-bond donors (Lipinski definition) is 2. The van der Waals surface area contributed by atoms with Crippen molar-refractivity contribution >= 4 is 11.9 Å². The molecule has 2 N–H and O–H groups in total.